The third-order valence-electron chi connectivity index (χ3n) is 4.12. The minimum atomic E-state index is -4.51. The second kappa shape index (κ2) is 9.23. The molecule has 10 heteroatoms. The van der Waals surface area contributed by atoms with Gasteiger partial charge in [-0.25, -0.2) is 0 Å². The smallest absolute Gasteiger partial charge is 0.333 e. The fourth-order valence-electron chi connectivity index (χ4n) is 2.65. The van der Waals surface area contributed by atoms with Gasteiger partial charge in [-0.3, -0.25) is 14.9 Å². The van der Waals surface area contributed by atoms with Crippen LogP contribution in [-0.4, -0.2) is 47.8 Å². The molecule has 0 heterocycles. The lowest BCUT2D eigenvalue weighted by Crippen LogP contribution is -2.36. The van der Waals surface area contributed by atoms with Crippen LogP contribution in [0.5, 0.6) is 0 Å². The van der Waals surface area contributed by atoms with E-state index in [0.717, 1.165) is 18.2 Å². The van der Waals surface area contributed by atoms with E-state index in [1.807, 2.05) is 0 Å². The summed E-state index contributed by atoms with van der Waals surface area (Å²) in [5.41, 5.74) is -1.19. The highest BCUT2D eigenvalue weighted by Crippen LogP contribution is 2.30. The van der Waals surface area contributed by atoms with E-state index in [0.29, 0.717) is 6.54 Å². The van der Waals surface area contributed by atoms with Gasteiger partial charge in [0.2, 0.25) is 0 Å². The molecule has 0 aliphatic carbocycles. The van der Waals surface area contributed by atoms with Gasteiger partial charge < -0.3 is 9.80 Å². The normalized spacial score (nSPS) is 11.6. The maximum absolute atomic E-state index is 13.0. The summed E-state index contributed by atoms with van der Waals surface area (Å²) in [5, 5.41) is 11.4. The first kappa shape index (κ1) is 22.6. The molecule has 6 nitrogen and oxygen atoms in total. The molecule has 0 unspecified atom stereocenters. The van der Waals surface area contributed by atoms with Crippen LogP contribution >= 0.6 is 11.6 Å². The molecule has 0 aliphatic rings. The zero-order valence-corrected chi connectivity index (χ0v) is 16.5. The molecular weight excluding hydrogens is 411 g/mol. The molecule has 2 aromatic carbocycles. The van der Waals surface area contributed by atoms with Gasteiger partial charge in [-0.15, -0.1) is 0 Å². The molecule has 0 spiro atoms. The summed E-state index contributed by atoms with van der Waals surface area (Å²) in [5.74, 6) is -0.660. The van der Waals surface area contributed by atoms with Crippen LogP contribution in [0, 0.1) is 10.1 Å². The second-order valence-electron chi connectivity index (χ2n) is 6.65. The third kappa shape index (κ3) is 6.16. The number of benzene rings is 2. The van der Waals surface area contributed by atoms with Crippen LogP contribution in [0.3, 0.4) is 0 Å². The van der Waals surface area contributed by atoms with Crippen molar-refractivity contribution >= 4 is 23.2 Å². The van der Waals surface area contributed by atoms with Crippen molar-refractivity contribution in [2.75, 3.05) is 27.2 Å². The standard InChI is InChI=1S/C19H19ClF3N3O3/c1-24(2)8-9-25(12-13-4-3-5-14(10-13)19(21,22)23)18(27)16-7-6-15(20)11-17(16)26(28)29/h3-7,10-11H,8-9,12H2,1-2H3. The number of carbonyl (C=O) groups is 1. The van der Waals surface area contributed by atoms with Gasteiger partial charge in [-0.1, -0.05) is 23.7 Å². The van der Waals surface area contributed by atoms with Crippen molar-refractivity contribution in [3.05, 3.63) is 74.3 Å². The maximum atomic E-state index is 13.0. The van der Waals surface area contributed by atoms with Gasteiger partial charge in [0.05, 0.1) is 10.5 Å². The fourth-order valence-corrected chi connectivity index (χ4v) is 2.81. The van der Waals surface area contributed by atoms with Gasteiger partial charge in [0.1, 0.15) is 5.56 Å². The summed E-state index contributed by atoms with van der Waals surface area (Å²) in [6.45, 7) is 0.463. The van der Waals surface area contributed by atoms with Gasteiger partial charge in [0.15, 0.2) is 0 Å². The second-order valence-corrected chi connectivity index (χ2v) is 7.08. The largest absolute Gasteiger partial charge is 0.416 e. The predicted octanol–water partition coefficient (Wildman–Crippen LogP) is 4.47. The van der Waals surface area contributed by atoms with E-state index in [2.05, 4.69) is 0 Å². The van der Waals surface area contributed by atoms with E-state index in [1.54, 1.807) is 19.0 Å². The monoisotopic (exact) mass is 429 g/mol. The first-order valence-corrected chi connectivity index (χ1v) is 8.91. The first-order chi connectivity index (χ1) is 13.5. The number of amides is 1. The molecule has 0 aromatic heterocycles. The molecule has 0 fully saturated rings. The van der Waals surface area contributed by atoms with Crippen molar-refractivity contribution in [1.82, 2.24) is 9.80 Å². The summed E-state index contributed by atoms with van der Waals surface area (Å²) < 4.78 is 39.0. The van der Waals surface area contributed by atoms with Crippen LogP contribution in [0.1, 0.15) is 21.5 Å². The number of hydrogen-bond donors (Lipinski definition) is 0. The summed E-state index contributed by atoms with van der Waals surface area (Å²) in [7, 11) is 3.55. The van der Waals surface area contributed by atoms with Crippen LogP contribution in [0.2, 0.25) is 5.02 Å². The molecule has 2 rings (SSSR count). The van der Waals surface area contributed by atoms with Crippen LogP contribution in [0.15, 0.2) is 42.5 Å². The molecule has 0 N–H and O–H groups in total. The molecule has 0 saturated heterocycles. The topological polar surface area (TPSA) is 66.7 Å². The lowest BCUT2D eigenvalue weighted by atomic mass is 10.1. The van der Waals surface area contributed by atoms with E-state index in [9.17, 15) is 28.1 Å². The number of rotatable bonds is 7. The zero-order valence-electron chi connectivity index (χ0n) is 15.7. The Bertz CT molecular complexity index is 904. The Kier molecular flexibility index (Phi) is 7.21. The number of halogens is 4. The number of carbonyl (C=O) groups excluding carboxylic acids is 1. The van der Waals surface area contributed by atoms with Crippen molar-refractivity contribution < 1.29 is 22.9 Å². The van der Waals surface area contributed by atoms with Gasteiger partial charge >= 0.3 is 6.18 Å². The van der Waals surface area contributed by atoms with Crippen molar-refractivity contribution in [1.29, 1.82) is 0 Å². The van der Waals surface area contributed by atoms with Crippen molar-refractivity contribution in [3.8, 4) is 0 Å². The molecule has 2 aromatic rings. The van der Waals surface area contributed by atoms with Gasteiger partial charge in [-0.2, -0.15) is 13.2 Å². The van der Waals surface area contributed by atoms with Gasteiger partial charge in [0, 0.05) is 30.7 Å². The molecule has 0 aliphatic heterocycles. The number of likely N-dealkylation sites (N-methyl/N-ethyl adjacent to an activating group) is 1. The number of alkyl halides is 3. The quantitative estimate of drug-likeness (QED) is 0.481. The van der Waals surface area contributed by atoms with Crippen LogP contribution in [0.25, 0.3) is 0 Å². The average Bonchev–Trinajstić information content (AvgIpc) is 2.63. The highest BCUT2D eigenvalue weighted by atomic mass is 35.5. The molecule has 0 radical (unpaired) electrons. The van der Waals surface area contributed by atoms with E-state index in [1.165, 1.54) is 29.2 Å². The fraction of sp³-hybridized carbons (Fsp3) is 0.316. The lowest BCUT2D eigenvalue weighted by molar-refractivity contribution is -0.385. The maximum Gasteiger partial charge on any atom is 0.416 e. The summed E-state index contributed by atoms with van der Waals surface area (Å²) in [6.07, 6.45) is -4.51. The number of hydrogen-bond acceptors (Lipinski definition) is 4. The molecule has 156 valence electrons. The first-order valence-electron chi connectivity index (χ1n) is 8.53. The molecule has 1 amide bonds. The Labute approximate surface area is 170 Å². The Morgan fingerprint density at radius 3 is 2.41 bits per heavy atom. The number of nitro groups is 1. The third-order valence-corrected chi connectivity index (χ3v) is 4.35. The summed E-state index contributed by atoms with van der Waals surface area (Å²) in [4.78, 5) is 26.7. The zero-order chi connectivity index (χ0) is 21.8. The Balaban J connectivity index is 2.39. The average molecular weight is 430 g/mol. The van der Waals surface area contributed by atoms with Gasteiger partial charge in [0.25, 0.3) is 11.6 Å². The Morgan fingerprint density at radius 1 is 1.14 bits per heavy atom. The Morgan fingerprint density at radius 2 is 1.83 bits per heavy atom. The van der Waals surface area contributed by atoms with E-state index >= 15 is 0 Å². The summed E-state index contributed by atoms with van der Waals surface area (Å²) in [6, 6.07) is 8.32. The minimum absolute atomic E-state index is 0.103. The molecule has 0 saturated carbocycles. The molecular formula is C19H19ClF3N3O3. The summed E-state index contributed by atoms with van der Waals surface area (Å²) >= 11 is 5.80. The predicted molar refractivity (Wildman–Crippen MR) is 103 cm³/mol. The number of nitrogens with zero attached hydrogens (tertiary/aromatic N) is 3. The highest BCUT2D eigenvalue weighted by Gasteiger charge is 2.31. The van der Waals surface area contributed by atoms with Crippen LogP contribution in [0.4, 0.5) is 18.9 Å². The van der Waals surface area contributed by atoms with Gasteiger partial charge in [-0.05, 0) is 43.9 Å². The van der Waals surface area contributed by atoms with E-state index < -0.39 is 28.3 Å². The molecule has 0 atom stereocenters. The molecule has 29 heavy (non-hydrogen) atoms. The molecule has 0 bridgehead atoms. The van der Waals surface area contributed by atoms with Crippen LogP contribution in [-0.2, 0) is 12.7 Å². The number of nitro benzene ring substituents is 1. The minimum Gasteiger partial charge on any atom is -0.333 e. The van der Waals surface area contributed by atoms with Crippen molar-refractivity contribution in [2.24, 2.45) is 0 Å². The highest BCUT2D eigenvalue weighted by molar-refractivity contribution is 6.31. The lowest BCUT2D eigenvalue weighted by Gasteiger charge is -2.25. The van der Waals surface area contributed by atoms with E-state index in [-0.39, 0.29) is 29.2 Å². The van der Waals surface area contributed by atoms with E-state index in [4.69, 9.17) is 11.6 Å². The van der Waals surface area contributed by atoms with Crippen molar-refractivity contribution in [2.45, 2.75) is 12.7 Å². The Hall–Kier alpha value is -2.65. The van der Waals surface area contributed by atoms with Crippen LogP contribution < -0.4 is 0 Å². The SMILES string of the molecule is CN(C)CCN(Cc1cccc(C(F)(F)F)c1)C(=O)c1ccc(Cl)cc1[N+](=O)[O-]. The van der Waals surface area contributed by atoms with Crippen molar-refractivity contribution in [3.63, 3.8) is 0 Å².